The summed E-state index contributed by atoms with van der Waals surface area (Å²) in [5.74, 6) is -1.16. The van der Waals surface area contributed by atoms with Crippen molar-refractivity contribution < 1.29 is 13.9 Å². The molecule has 1 saturated heterocycles. The van der Waals surface area contributed by atoms with Crippen LogP contribution in [0.25, 0.3) is 0 Å². The molecule has 0 spiro atoms. The summed E-state index contributed by atoms with van der Waals surface area (Å²) in [4.78, 5) is 13.5. The molecular weight excluding hydrogens is 271 g/mol. The first-order valence-electron chi connectivity index (χ1n) is 6.00. The number of nitrogens with zero attached hydrogens (tertiary/aromatic N) is 1. The number of hydrogen-bond acceptors (Lipinski definition) is 4. The number of ether oxygens (including phenoxy) is 1. The van der Waals surface area contributed by atoms with Crippen molar-refractivity contribution in [2.45, 2.75) is 6.54 Å². The smallest absolute Gasteiger partial charge is 0.340 e. The maximum absolute atomic E-state index is 13.7. The van der Waals surface area contributed by atoms with E-state index in [1.165, 1.54) is 19.2 Å². The summed E-state index contributed by atoms with van der Waals surface area (Å²) in [6.45, 7) is 4.55. The topological polar surface area (TPSA) is 41.6 Å². The molecule has 0 saturated carbocycles. The SMILES string of the molecule is COC(=O)c1ccc(CN2CCNCC2)cc1F.Cl. The van der Waals surface area contributed by atoms with E-state index in [9.17, 15) is 9.18 Å². The number of benzene rings is 1. The fourth-order valence-corrected chi connectivity index (χ4v) is 2.06. The average molecular weight is 289 g/mol. The molecule has 2 rings (SSSR count). The molecule has 1 heterocycles. The van der Waals surface area contributed by atoms with Crippen molar-refractivity contribution in [1.29, 1.82) is 0 Å². The Hall–Kier alpha value is -1.17. The number of rotatable bonds is 3. The minimum absolute atomic E-state index is 0. The molecule has 6 heteroatoms. The van der Waals surface area contributed by atoms with Gasteiger partial charge in [0.25, 0.3) is 0 Å². The minimum Gasteiger partial charge on any atom is -0.465 e. The second-order valence-corrected chi connectivity index (χ2v) is 4.33. The van der Waals surface area contributed by atoms with Gasteiger partial charge in [-0.15, -0.1) is 12.4 Å². The predicted molar refractivity (Wildman–Crippen MR) is 73.1 cm³/mol. The fourth-order valence-electron chi connectivity index (χ4n) is 2.06. The first kappa shape index (κ1) is 15.9. The number of carbonyl (C=O) groups excluding carboxylic acids is 1. The lowest BCUT2D eigenvalue weighted by Gasteiger charge is -2.27. The van der Waals surface area contributed by atoms with Crippen LogP contribution in [0.3, 0.4) is 0 Å². The summed E-state index contributed by atoms with van der Waals surface area (Å²) < 4.78 is 18.2. The van der Waals surface area contributed by atoms with E-state index in [1.54, 1.807) is 6.07 Å². The number of hydrogen-bond donors (Lipinski definition) is 1. The zero-order valence-corrected chi connectivity index (χ0v) is 11.6. The highest BCUT2D eigenvalue weighted by atomic mass is 35.5. The Labute approximate surface area is 118 Å². The summed E-state index contributed by atoms with van der Waals surface area (Å²) in [7, 11) is 1.25. The summed E-state index contributed by atoms with van der Waals surface area (Å²) >= 11 is 0. The maximum Gasteiger partial charge on any atom is 0.340 e. The zero-order chi connectivity index (χ0) is 13.0. The molecule has 0 bridgehead atoms. The van der Waals surface area contributed by atoms with E-state index in [-0.39, 0.29) is 18.0 Å². The molecule has 0 unspecified atom stereocenters. The van der Waals surface area contributed by atoms with Crippen molar-refractivity contribution in [2.75, 3.05) is 33.3 Å². The lowest BCUT2D eigenvalue weighted by molar-refractivity contribution is 0.0595. The maximum atomic E-state index is 13.7. The van der Waals surface area contributed by atoms with Crippen LogP contribution in [0.5, 0.6) is 0 Å². The molecule has 0 radical (unpaired) electrons. The number of piperazine rings is 1. The highest BCUT2D eigenvalue weighted by molar-refractivity contribution is 5.89. The number of esters is 1. The Bertz CT molecular complexity index is 437. The number of halogens is 2. The van der Waals surface area contributed by atoms with Gasteiger partial charge < -0.3 is 10.1 Å². The summed E-state index contributed by atoms with van der Waals surface area (Å²) in [6.07, 6.45) is 0. The van der Waals surface area contributed by atoms with Crippen molar-refractivity contribution in [2.24, 2.45) is 0 Å². The highest BCUT2D eigenvalue weighted by Crippen LogP contribution is 2.13. The second kappa shape index (κ2) is 7.43. The van der Waals surface area contributed by atoms with Crippen LogP contribution in [0.1, 0.15) is 15.9 Å². The molecule has 1 aliphatic rings. The van der Waals surface area contributed by atoms with Gasteiger partial charge in [-0.3, -0.25) is 4.90 Å². The first-order chi connectivity index (χ1) is 8.70. The van der Waals surface area contributed by atoms with Crippen LogP contribution in [0, 0.1) is 5.82 Å². The van der Waals surface area contributed by atoms with Gasteiger partial charge in [0.1, 0.15) is 5.82 Å². The Morgan fingerprint density at radius 1 is 1.42 bits per heavy atom. The van der Waals surface area contributed by atoms with Gasteiger partial charge in [0.2, 0.25) is 0 Å². The van der Waals surface area contributed by atoms with Crippen molar-refractivity contribution >= 4 is 18.4 Å². The quantitative estimate of drug-likeness (QED) is 0.855. The van der Waals surface area contributed by atoms with Crippen LogP contribution >= 0.6 is 12.4 Å². The van der Waals surface area contributed by atoms with Crippen molar-refractivity contribution in [1.82, 2.24) is 10.2 Å². The first-order valence-corrected chi connectivity index (χ1v) is 6.00. The lowest BCUT2D eigenvalue weighted by Crippen LogP contribution is -2.42. The number of nitrogens with one attached hydrogen (secondary N) is 1. The normalized spacial score (nSPS) is 15.7. The van der Waals surface area contributed by atoms with E-state index < -0.39 is 11.8 Å². The highest BCUT2D eigenvalue weighted by Gasteiger charge is 2.14. The van der Waals surface area contributed by atoms with Crippen molar-refractivity contribution in [3.8, 4) is 0 Å². The Morgan fingerprint density at radius 3 is 2.68 bits per heavy atom. The van der Waals surface area contributed by atoms with Gasteiger partial charge in [0, 0.05) is 32.7 Å². The zero-order valence-electron chi connectivity index (χ0n) is 10.8. The van der Waals surface area contributed by atoms with E-state index in [0.717, 1.165) is 31.7 Å². The predicted octanol–water partition coefficient (Wildman–Crippen LogP) is 1.44. The average Bonchev–Trinajstić information content (AvgIpc) is 2.39. The standard InChI is InChI=1S/C13H17FN2O2.ClH/c1-18-13(17)11-3-2-10(8-12(11)14)9-16-6-4-15-5-7-16;/h2-3,8,15H,4-7,9H2,1H3;1H. The van der Waals surface area contributed by atoms with Gasteiger partial charge in [-0.25, -0.2) is 9.18 Å². The van der Waals surface area contributed by atoms with Gasteiger partial charge in [-0.1, -0.05) is 6.07 Å². The Kier molecular flexibility index (Phi) is 6.21. The number of carbonyl (C=O) groups is 1. The van der Waals surface area contributed by atoms with Crippen LogP contribution in [0.4, 0.5) is 4.39 Å². The van der Waals surface area contributed by atoms with Crippen LogP contribution < -0.4 is 5.32 Å². The second-order valence-electron chi connectivity index (χ2n) is 4.33. The van der Waals surface area contributed by atoms with E-state index >= 15 is 0 Å². The Morgan fingerprint density at radius 2 is 2.11 bits per heavy atom. The third-order valence-corrected chi connectivity index (χ3v) is 3.05. The third kappa shape index (κ3) is 4.16. The van der Waals surface area contributed by atoms with Gasteiger partial charge in [-0.2, -0.15) is 0 Å². The van der Waals surface area contributed by atoms with E-state index in [4.69, 9.17) is 0 Å². The largest absolute Gasteiger partial charge is 0.465 e. The summed E-state index contributed by atoms with van der Waals surface area (Å²) in [6, 6.07) is 4.67. The molecule has 19 heavy (non-hydrogen) atoms. The molecule has 4 nitrogen and oxygen atoms in total. The minimum atomic E-state index is -0.638. The molecule has 0 aromatic heterocycles. The number of methoxy groups -OCH3 is 1. The molecule has 0 atom stereocenters. The monoisotopic (exact) mass is 288 g/mol. The van der Waals surface area contributed by atoms with Crippen LogP contribution in [0.2, 0.25) is 0 Å². The molecule has 1 aromatic rings. The van der Waals surface area contributed by atoms with Crippen LogP contribution in [-0.2, 0) is 11.3 Å². The van der Waals surface area contributed by atoms with E-state index in [0.29, 0.717) is 6.54 Å². The van der Waals surface area contributed by atoms with Gasteiger partial charge in [0.15, 0.2) is 0 Å². The van der Waals surface area contributed by atoms with Gasteiger partial charge in [-0.05, 0) is 17.7 Å². The molecule has 1 fully saturated rings. The van der Waals surface area contributed by atoms with Crippen molar-refractivity contribution in [3.63, 3.8) is 0 Å². The molecule has 0 aliphatic carbocycles. The summed E-state index contributed by atoms with van der Waals surface area (Å²) in [5, 5.41) is 3.27. The fraction of sp³-hybridized carbons (Fsp3) is 0.462. The molecular formula is C13H18ClFN2O2. The van der Waals surface area contributed by atoms with Gasteiger partial charge in [0.05, 0.1) is 12.7 Å². The van der Waals surface area contributed by atoms with E-state index in [2.05, 4.69) is 15.0 Å². The molecule has 1 N–H and O–H groups in total. The molecule has 1 aromatic carbocycles. The molecule has 1 aliphatic heterocycles. The molecule has 0 amide bonds. The van der Waals surface area contributed by atoms with Crippen molar-refractivity contribution in [3.05, 3.63) is 35.1 Å². The third-order valence-electron chi connectivity index (χ3n) is 3.05. The molecule has 106 valence electrons. The lowest BCUT2D eigenvalue weighted by atomic mass is 10.1. The van der Waals surface area contributed by atoms with Crippen LogP contribution in [-0.4, -0.2) is 44.2 Å². The Balaban J connectivity index is 0.00000180. The van der Waals surface area contributed by atoms with Crippen LogP contribution in [0.15, 0.2) is 18.2 Å². The summed E-state index contributed by atoms with van der Waals surface area (Å²) in [5.41, 5.74) is 0.864. The van der Waals surface area contributed by atoms with Gasteiger partial charge >= 0.3 is 5.97 Å². The van der Waals surface area contributed by atoms with E-state index in [1.807, 2.05) is 0 Å².